The van der Waals surface area contributed by atoms with Crippen molar-refractivity contribution in [1.82, 2.24) is 4.90 Å². The molecule has 0 unspecified atom stereocenters. The number of β-lactam (4-membered cyclic amide) rings is 1. The van der Waals surface area contributed by atoms with Gasteiger partial charge in [0.2, 0.25) is 5.91 Å². The molecule has 1 heterocycles. The van der Waals surface area contributed by atoms with Crippen LogP contribution in [0.3, 0.4) is 0 Å². The van der Waals surface area contributed by atoms with Gasteiger partial charge in [0.1, 0.15) is 11.7 Å². The van der Waals surface area contributed by atoms with Crippen LogP contribution >= 0.6 is 0 Å². The van der Waals surface area contributed by atoms with E-state index in [9.17, 15) is 19.2 Å². The zero-order chi connectivity index (χ0) is 19.5. The summed E-state index contributed by atoms with van der Waals surface area (Å²) in [7, 11) is 0. The molecule has 1 aliphatic rings. The molecule has 7 nitrogen and oxygen atoms in total. The number of carbonyl (C=O) groups excluding carboxylic acids is 4. The molecule has 1 fully saturated rings. The average Bonchev–Trinajstić information content (AvgIpc) is 2.59. The van der Waals surface area contributed by atoms with Gasteiger partial charge >= 0.3 is 11.9 Å². The van der Waals surface area contributed by atoms with E-state index in [4.69, 9.17) is 9.47 Å². The van der Waals surface area contributed by atoms with Crippen LogP contribution < -0.4 is 0 Å². The SMILES string of the molecule is CCOC(=O)C1(C(=O)OCC)[C@@H](C(C)=O)C(=O)N1[C@H](C)c1ccccc1. The lowest BCUT2D eigenvalue weighted by Gasteiger charge is -2.54. The average molecular weight is 361 g/mol. The minimum atomic E-state index is -2.09. The van der Waals surface area contributed by atoms with Gasteiger partial charge in [0.15, 0.2) is 0 Å². The lowest BCUT2D eigenvalue weighted by molar-refractivity contribution is -0.207. The second kappa shape index (κ2) is 7.68. The highest BCUT2D eigenvalue weighted by Gasteiger charge is 2.74. The summed E-state index contributed by atoms with van der Waals surface area (Å²) in [6.07, 6.45) is 0. The van der Waals surface area contributed by atoms with Crippen LogP contribution in [0.1, 0.15) is 39.3 Å². The van der Waals surface area contributed by atoms with Crippen LogP contribution in [0.2, 0.25) is 0 Å². The van der Waals surface area contributed by atoms with Crippen molar-refractivity contribution in [3.8, 4) is 0 Å². The van der Waals surface area contributed by atoms with Gasteiger partial charge in [0, 0.05) is 0 Å². The van der Waals surface area contributed by atoms with E-state index in [1.54, 1.807) is 45.0 Å². The third-order valence-corrected chi connectivity index (χ3v) is 4.53. The van der Waals surface area contributed by atoms with Crippen LogP contribution in [0.15, 0.2) is 30.3 Å². The van der Waals surface area contributed by atoms with Gasteiger partial charge in [-0.05, 0) is 33.3 Å². The van der Waals surface area contributed by atoms with Crippen molar-refractivity contribution in [2.24, 2.45) is 5.92 Å². The van der Waals surface area contributed by atoms with Gasteiger partial charge in [-0.25, -0.2) is 9.59 Å². The van der Waals surface area contributed by atoms with Gasteiger partial charge in [0.05, 0.1) is 19.3 Å². The molecule has 1 amide bonds. The Kier molecular flexibility index (Phi) is 5.79. The third-order valence-electron chi connectivity index (χ3n) is 4.53. The van der Waals surface area contributed by atoms with E-state index in [1.807, 2.05) is 6.07 Å². The van der Waals surface area contributed by atoms with E-state index < -0.39 is 41.1 Å². The first-order chi connectivity index (χ1) is 12.3. The Bertz CT molecular complexity index is 696. The highest BCUT2D eigenvalue weighted by molar-refractivity contribution is 6.24. The van der Waals surface area contributed by atoms with Crippen molar-refractivity contribution in [3.05, 3.63) is 35.9 Å². The lowest BCUT2D eigenvalue weighted by atomic mass is 9.69. The normalized spacial score (nSPS) is 19.3. The number of carbonyl (C=O) groups is 4. The van der Waals surface area contributed by atoms with Crippen molar-refractivity contribution >= 4 is 23.6 Å². The summed E-state index contributed by atoms with van der Waals surface area (Å²) < 4.78 is 10.2. The molecule has 0 saturated carbocycles. The molecule has 140 valence electrons. The molecule has 0 aromatic heterocycles. The summed E-state index contributed by atoms with van der Waals surface area (Å²) in [5.41, 5.74) is -1.37. The number of ketones is 1. The molecule has 2 rings (SSSR count). The number of hydrogen-bond acceptors (Lipinski definition) is 6. The molecule has 2 atom stereocenters. The van der Waals surface area contributed by atoms with Crippen molar-refractivity contribution < 1.29 is 28.7 Å². The van der Waals surface area contributed by atoms with Gasteiger partial charge in [-0.15, -0.1) is 0 Å². The summed E-state index contributed by atoms with van der Waals surface area (Å²) in [6.45, 7) is 6.06. The quantitative estimate of drug-likeness (QED) is 0.417. The molecule has 7 heteroatoms. The van der Waals surface area contributed by atoms with Gasteiger partial charge < -0.3 is 14.4 Å². The smallest absolute Gasteiger partial charge is 0.345 e. The molecule has 26 heavy (non-hydrogen) atoms. The predicted octanol–water partition coefficient (Wildman–Crippen LogP) is 1.66. The Labute approximate surface area is 152 Å². The van der Waals surface area contributed by atoms with Crippen molar-refractivity contribution in [2.45, 2.75) is 39.3 Å². The number of benzene rings is 1. The number of likely N-dealkylation sites (tertiary alicyclic amines) is 1. The van der Waals surface area contributed by atoms with Gasteiger partial charge in [-0.1, -0.05) is 30.3 Å². The first-order valence-corrected chi connectivity index (χ1v) is 8.56. The summed E-state index contributed by atoms with van der Waals surface area (Å²) in [5.74, 6) is -4.49. The first-order valence-electron chi connectivity index (χ1n) is 8.56. The third kappa shape index (κ3) is 2.87. The van der Waals surface area contributed by atoms with E-state index in [0.717, 1.165) is 10.5 Å². The second-order valence-electron chi connectivity index (χ2n) is 6.05. The Hall–Kier alpha value is -2.70. The number of Topliss-reactive ketones (excluding diaryl/α,β-unsaturated/α-hetero) is 1. The van der Waals surface area contributed by atoms with Crippen LogP contribution in [-0.2, 0) is 28.7 Å². The zero-order valence-corrected chi connectivity index (χ0v) is 15.4. The standard InChI is InChI=1S/C19H23NO6/c1-5-25-17(23)19(18(24)26-6-2)15(13(4)21)16(22)20(19)12(3)14-10-8-7-9-11-14/h7-12,15H,5-6H2,1-4H3/t12-,15+/m1/s1. The first kappa shape index (κ1) is 19.6. The molecule has 1 saturated heterocycles. The molecular formula is C19H23NO6. The Morgan fingerprint density at radius 2 is 1.58 bits per heavy atom. The van der Waals surface area contributed by atoms with Crippen LogP contribution in [0.4, 0.5) is 0 Å². The molecule has 1 aliphatic heterocycles. The van der Waals surface area contributed by atoms with E-state index in [0.29, 0.717) is 0 Å². The number of nitrogens with zero attached hydrogens (tertiary/aromatic N) is 1. The van der Waals surface area contributed by atoms with Crippen LogP contribution in [0.25, 0.3) is 0 Å². The van der Waals surface area contributed by atoms with Gasteiger partial charge in [-0.2, -0.15) is 0 Å². The second-order valence-corrected chi connectivity index (χ2v) is 6.05. The number of amides is 1. The van der Waals surface area contributed by atoms with Gasteiger partial charge in [-0.3, -0.25) is 9.59 Å². The monoisotopic (exact) mass is 361 g/mol. The molecule has 1 aromatic carbocycles. The van der Waals surface area contributed by atoms with E-state index in [2.05, 4.69) is 0 Å². The summed E-state index contributed by atoms with van der Waals surface area (Å²) in [6, 6.07) is 8.33. The Balaban J connectivity index is 2.59. The maximum absolute atomic E-state index is 12.8. The fourth-order valence-electron chi connectivity index (χ4n) is 3.41. The molecule has 0 spiro atoms. The van der Waals surface area contributed by atoms with Gasteiger partial charge in [0.25, 0.3) is 5.54 Å². The molecular weight excluding hydrogens is 338 g/mol. The number of esters is 2. The van der Waals surface area contributed by atoms with E-state index >= 15 is 0 Å². The number of ether oxygens (including phenoxy) is 2. The van der Waals surface area contributed by atoms with Crippen molar-refractivity contribution in [1.29, 1.82) is 0 Å². The summed E-state index contributed by atoms with van der Waals surface area (Å²) in [4.78, 5) is 51.6. The predicted molar refractivity (Wildman–Crippen MR) is 91.9 cm³/mol. The Morgan fingerprint density at radius 1 is 1.08 bits per heavy atom. The molecule has 0 bridgehead atoms. The largest absolute Gasteiger partial charge is 0.464 e. The lowest BCUT2D eigenvalue weighted by Crippen LogP contribution is -2.80. The van der Waals surface area contributed by atoms with E-state index in [-0.39, 0.29) is 13.2 Å². The number of hydrogen-bond donors (Lipinski definition) is 0. The van der Waals surface area contributed by atoms with Crippen LogP contribution in [-0.4, -0.2) is 47.3 Å². The minimum Gasteiger partial charge on any atom is -0.464 e. The summed E-state index contributed by atoms with van der Waals surface area (Å²) in [5, 5.41) is 0. The zero-order valence-electron chi connectivity index (χ0n) is 15.4. The van der Waals surface area contributed by atoms with Crippen molar-refractivity contribution in [3.63, 3.8) is 0 Å². The fraction of sp³-hybridized carbons (Fsp3) is 0.474. The summed E-state index contributed by atoms with van der Waals surface area (Å²) >= 11 is 0. The fourth-order valence-corrected chi connectivity index (χ4v) is 3.41. The van der Waals surface area contributed by atoms with Crippen LogP contribution in [0.5, 0.6) is 0 Å². The topological polar surface area (TPSA) is 90.0 Å². The molecule has 1 aromatic rings. The highest BCUT2D eigenvalue weighted by Crippen LogP contribution is 2.46. The molecule has 0 aliphatic carbocycles. The van der Waals surface area contributed by atoms with Crippen molar-refractivity contribution in [2.75, 3.05) is 13.2 Å². The Morgan fingerprint density at radius 3 is 2.00 bits per heavy atom. The maximum Gasteiger partial charge on any atom is 0.345 e. The molecule has 0 radical (unpaired) electrons. The van der Waals surface area contributed by atoms with Crippen LogP contribution in [0, 0.1) is 5.92 Å². The molecule has 0 N–H and O–H groups in total. The minimum absolute atomic E-state index is 0.00631. The maximum atomic E-state index is 12.8. The number of rotatable bonds is 7. The highest BCUT2D eigenvalue weighted by atomic mass is 16.6. The van der Waals surface area contributed by atoms with E-state index in [1.165, 1.54) is 6.92 Å².